The molecule has 0 saturated carbocycles. The molecule has 0 amide bonds. The van der Waals surface area contributed by atoms with E-state index < -0.39 is 0 Å². The van der Waals surface area contributed by atoms with E-state index in [-0.39, 0.29) is 5.28 Å². The summed E-state index contributed by atoms with van der Waals surface area (Å²) in [5, 5.41) is 0.273. The topological polar surface area (TPSA) is 25.8 Å². The molecule has 2 nitrogen and oxygen atoms in total. The van der Waals surface area contributed by atoms with Gasteiger partial charge >= 0.3 is 0 Å². The summed E-state index contributed by atoms with van der Waals surface area (Å²) in [6, 6.07) is 1.79. The van der Waals surface area contributed by atoms with Crippen molar-refractivity contribution in [2.24, 2.45) is 0 Å². The maximum Gasteiger partial charge on any atom is 0.223 e. The van der Waals surface area contributed by atoms with Gasteiger partial charge in [0.25, 0.3) is 0 Å². The van der Waals surface area contributed by atoms with Gasteiger partial charge in [0.15, 0.2) is 0 Å². The highest BCUT2D eigenvalue weighted by Crippen LogP contribution is 2.30. The molecular weight excluding hydrogens is 215 g/mol. The maximum atomic E-state index is 5.82. The van der Waals surface area contributed by atoms with E-state index in [1.54, 1.807) is 6.07 Å². The van der Waals surface area contributed by atoms with E-state index in [0.717, 1.165) is 15.9 Å². The molecule has 0 radical (unpaired) electrons. The average Bonchev–Trinajstić information content (AvgIpc) is 2.29. The average molecular weight is 219 g/mol. The van der Waals surface area contributed by atoms with Gasteiger partial charge in [0, 0.05) is 0 Å². The van der Waals surface area contributed by atoms with Crippen LogP contribution in [0.5, 0.6) is 0 Å². The van der Waals surface area contributed by atoms with Gasteiger partial charge in [0.05, 0.1) is 20.2 Å². The van der Waals surface area contributed by atoms with Gasteiger partial charge in [0.1, 0.15) is 0 Å². The van der Waals surface area contributed by atoms with Crippen molar-refractivity contribution in [3.05, 3.63) is 21.4 Å². The Morgan fingerprint density at radius 2 is 2.08 bits per heavy atom. The second-order valence-electron chi connectivity index (χ2n) is 2.34. The molecular formula is C7H4Cl2N2S. The third-order valence-electron chi connectivity index (χ3n) is 1.48. The Morgan fingerprint density at radius 1 is 1.33 bits per heavy atom. The minimum Gasteiger partial charge on any atom is -0.222 e. The van der Waals surface area contributed by atoms with Crippen LogP contribution < -0.4 is 0 Å². The van der Waals surface area contributed by atoms with E-state index in [9.17, 15) is 0 Å². The lowest BCUT2D eigenvalue weighted by molar-refractivity contribution is 1.16. The quantitative estimate of drug-likeness (QED) is 0.635. The third kappa shape index (κ3) is 1.28. The largest absolute Gasteiger partial charge is 0.223 e. The predicted octanol–water partition coefficient (Wildman–Crippen LogP) is 3.31. The molecule has 2 heterocycles. The van der Waals surface area contributed by atoms with Gasteiger partial charge in [-0.15, -0.1) is 11.3 Å². The fraction of sp³-hybridized carbons (Fsp3) is 0.143. The molecule has 0 spiro atoms. The Kier molecular flexibility index (Phi) is 1.94. The number of rotatable bonds is 0. The molecule has 62 valence electrons. The summed E-state index contributed by atoms with van der Waals surface area (Å²) in [5.74, 6) is 0. The van der Waals surface area contributed by atoms with E-state index in [0.29, 0.717) is 4.34 Å². The Balaban J connectivity index is 2.88. The van der Waals surface area contributed by atoms with Gasteiger partial charge in [-0.3, -0.25) is 0 Å². The van der Waals surface area contributed by atoms with Crippen LogP contribution >= 0.6 is 34.5 Å². The van der Waals surface area contributed by atoms with Crippen molar-refractivity contribution in [3.8, 4) is 0 Å². The molecule has 0 aliphatic heterocycles. The number of hydrogen-bond donors (Lipinski definition) is 0. The molecule has 2 aromatic heterocycles. The summed E-state index contributed by atoms with van der Waals surface area (Å²) >= 11 is 13.0. The first kappa shape index (κ1) is 8.23. The lowest BCUT2D eigenvalue weighted by Crippen LogP contribution is -1.85. The van der Waals surface area contributed by atoms with Crippen molar-refractivity contribution in [1.82, 2.24) is 9.97 Å². The standard InChI is InChI=1S/C7H4Cl2N2S/c1-3-6-4(2-5(8)12-6)11-7(9)10-3/h2H,1H3. The second-order valence-corrected chi connectivity index (χ2v) is 4.36. The fourth-order valence-corrected chi connectivity index (χ4v) is 2.33. The number of thiophene rings is 1. The maximum absolute atomic E-state index is 5.82. The van der Waals surface area contributed by atoms with E-state index in [1.807, 2.05) is 6.92 Å². The molecule has 0 atom stereocenters. The van der Waals surface area contributed by atoms with Crippen LogP contribution in [0.25, 0.3) is 10.2 Å². The second kappa shape index (κ2) is 2.83. The van der Waals surface area contributed by atoms with Crippen molar-refractivity contribution < 1.29 is 0 Å². The van der Waals surface area contributed by atoms with Crippen LogP contribution in [-0.2, 0) is 0 Å². The van der Waals surface area contributed by atoms with E-state index in [2.05, 4.69) is 9.97 Å². The zero-order valence-electron chi connectivity index (χ0n) is 6.14. The molecule has 0 aliphatic rings. The van der Waals surface area contributed by atoms with Crippen LogP contribution in [0.4, 0.5) is 0 Å². The van der Waals surface area contributed by atoms with Crippen molar-refractivity contribution >= 4 is 44.8 Å². The Hall–Kier alpha value is -0.380. The molecule has 0 unspecified atom stereocenters. The lowest BCUT2D eigenvalue weighted by atomic mass is 10.4. The van der Waals surface area contributed by atoms with Crippen LogP contribution in [0.3, 0.4) is 0 Å². The zero-order chi connectivity index (χ0) is 8.72. The molecule has 12 heavy (non-hydrogen) atoms. The monoisotopic (exact) mass is 218 g/mol. The van der Waals surface area contributed by atoms with Crippen molar-refractivity contribution in [3.63, 3.8) is 0 Å². The molecule has 0 N–H and O–H groups in total. The highest BCUT2D eigenvalue weighted by atomic mass is 35.5. The minimum atomic E-state index is 0.273. The SMILES string of the molecule is Cc1nc(Cl)nc2cc(Cl)sc12. The molecule has 0 fully saturated rings. The van der Waals surface area contributed by atoms with Crippen molar-refractivity contribution in [2.75, 3.05) is 0 Å². The molecule has 5 heteroatoms. The zero-order valence-corrected chi connectivity index (χ0v) is 8.46. The van der Waals surface area contributed by atoms with Gasteiger partial charge in [-0.1, -0.05) is 11.6 Å². The molecule has 2 rings (SSSR count). The smallest absolute Gasteiger partial charge is 0.222 e. The van der Waals surface area contributed by atoms with Gasteiger partial charge in [-0.25, -0.2) is 9.97 Å². The lowest BCUT2D eigenvalue weighted by Gasteiger charge is -1.93. The van der Waals surface area contributed by atoms with Crippen LogP contribution in [-0.4, -0.2) is 9.97 Å². The summed E-state index contributed by atoms with van der Waals surface area (Å²) in [6.45, 7) is 1.89. The Morgan fingerprint density at radius 3 is 2.83 bits per heavy atom. The first-order valence-corrected chi connectivity index (χ1v) is 4.83. The third-order valence-corrected chi connectivity index (χ3v) is 3.01. The van der Waals surface area contributed by atoms with Crippen molar-refractivity contribution in [1.29, 1.82) is 0 Å². The van der Waals surface area contributed by atoms with Crippen LogP contribution in [0, 0.1) is 6.92 Å². The van der Waals surface area contributed by atoms with Crippen LogP contribution in [0.1, 0.15) is 5.69 Å². The Bertz CT molecular complexity index is 438. The molecule has 0 aromatic carbocycles. The van der Waals surface area contributed by atoms with E-state index in [4.69, 9.17) is 23.2 Å². The van der Waals surface area contributed by atoms with Crippen LogP contribution in [0.2, 0.25) is 9.62 Å². The van der Waals surface area contributed by atoms with Gasteiger partial charge in [0.2, 0.25) is 5.28 Å². The summed E-state index contributed by atoms with van der Waals surface area (Å²) in [4.78, 5) is 8.06. The summed E-state index contributed by atoms with van der Waals surface area (Å²) < 4.78 is 1.72. The molecule has 0 aliphatic carbocycles. The summed E-state index contributed by atoms with van der Waals surface area (Å²) in [6.07, 6.45) is 0. The normalized spacial score (nSPS) is 10.9. The summed E-state index contributed by atoms with van der Waals surface area (Å²) in [7, 11) is 0. The number of aryl methyl sites for hydroxylation is 1. The fourth-order valence-electron chi connectivity index (χ4n) is 1.01. The van der Waals surface area contributed by atoms with Gasteiger partial charge in [-0.2, -0.15) is 0 Å². The molecule has 0 bridgehead atoms. The van der Waals surface area contributed by atoms with Crippen molar-refractivity contribution in [2.45, 2.75) is 6.92 Å². The molecule has 0 saturated heterocycles. The number of nitrogens with zero attached hydrogens (tertiary/aromatic N) is 2. The predicted molar refractivity (Wildman–Crippen MR) is 52.2 cm³/mol. The van der Waals surface area contributed by atoms with Gasteiger partial charge in [-0.05, 0) is 24.6 Å². The number of hydrogen-bond acceptors (Lipinski definition) is 3. The number of halogens is 2. The highest BCUT2D eigenvalue weighted by molar-refractivity contribution is 7.22. The molecule has 2 aromatic rings. The Labute approximate surface area is 83.2 Å². The highest BCUT2D eigenvalue weighted by Gasteiger charge is 2.06. The minimum absolute atomic E-state index is 0.273. The first-order chi connectivity index (χ1) is 5.66. The summed E-state index contributed by atoms with van der Waals surface area (Å²) in [5.41, 5.74) is 1.70. The first-order valence-electron chi connectivity index (χ1n) is 3.26. The van der Waals surface area contributed by atoms with E-state index in [1.165, 1.54) is 11.3 Å². The number of fused-ring (bicyclic) bond motifs is 1. The van der Waals surface area contributed by atoms with Gasteiger partial charge < -0.3 is 0 Å². The number of aromatic nitrogens is 2. The van der Waals surface area contributed by atoms with Crippen LogP contribution in [0.15, 0.2) is 6.07 Å². The van der Waals surface area contributed by atoms with E-state index >= 15 is 0 Å².